The maximum absolute atomic E-state index is 12.5. The third-order valence-corrected chi connectivity index (χ3v) is 1.77. The first-order chi connectivity index (χ1) is 7.76. The number of rotatable bonds is 3. The van der Waals surface area contributed by atoms with Gasteiger partial charge in [0.2, 0.25) is 0 Å². The monoisotopic (exact) mass is 251 g/mol. The maximum atomic E-state index is 12.5. The highest BCUT2D eigenvalue weighted by Crippen LogP contribution is 2.37. The highest BCUT2D eigenvalue weighted by molar-refractivity contribution is 5.50. The minimum atomic E-state index is -5.74. The molecule has 0 aliphatic heterocycles. The Morgan fingerprint density at radius 3 is 1.94 bits per heavy atom. The lowest BCUT2D eigenvalue weighted by Crippen LogP contribution is -2.41. The van der Waals surface area contributed by atoms with Crippen molar-refractivity contribution < 1.29 is 26.7 Å². The fourth-order valence-corrected chi connectivity index (χ4v) is 0.989. The van der Waals surface area contributed by atoms with Gasteiger partial charge in [-0.15, -0.1) is 0 Å². The second-order valence-electron chi connectivity index (χ2n) is 3.09. The van der Waals surface area contributed by atoms with Crippen LogP contribution in [0.1, 0.15) is 5.56 Å². The normalized spacial score (nSPS) is 13.1. The van der Waals surface area contributed by atoms with E-state index < -0.39 is 18.0 Å². The average molecular weight is 251 g/mol. The van der Waals surface area contributed by atoms with Crippen LogP contribution in [0.4, 0.5) is 22.0 Å². The Morgan fingerprint density at radius 2 is 1.53 bits per heavy atom. The van der Waals surface area contributed by atoms with Crippen LogP contribution in [0, 0.1) is 6.92 Å². The molecular formula is C11H8F5O. The van der Waals surface area contributed by atoms with Gasteiger partial charge in [-0.2, -0.15) is 22.0 Å². The van der Waals surface area contributed by atoms with Crippen LogP contribution in [-0.2, 0) is 0 Å². The van der Waals surface area contributed by atoms with Gasteiger partial charge in [-0.25, -0.2) is 0 Å². The van der Waals surface area contributed by atoms with Crippen LogP contribution in [0.15, 0.2) is 30.3 Å². The molecule has 0 aliphatic carbocycles. The number of hydrogen-bond donors (Lipinski definition) is 0. The van der Waals surface area contributed by atoms with Crippen molar-refractivity contribution in [2.24, 2.45) is 0 Å². The minimum absolute atomic E-state index is 0.562. The summed E-state index contributed by atoms with van der Waals surface area (Å²) in [6.45, 7) is 3.41. The molecule has 93 valence electrons. The van der Waals surface area contributed by atoms with Gasteiger partial charge in [-0.05, 0) is 24.6 Å². The molecule has 0 amide bonds. The number of benzene rings is 1. The summed E-state index contributed by atoms with van der Waals surface area (Å²) >= 11 is 0. The molecule has 0 aliphatic rings. The lowest BCUT2D eigenvalue weighted by Gasteiger charge is -2.20. The third-order valence-electron chi connectivity index (χ3n) is 1.77. The van der Waals surface area contributed by atoms with Crippen molar-refractivity contribution >= 4 is 6.08 Å². The fraction of sp³-hybridized carbons (Fsp3) is 0.182. The molecule has 1 rings (SSSR count). The van der Waals surface area contributed by atoms with E-state index in [1.165, 1.54) is 18.2 Å². The van der Waals surface area contributed by atoms with Crippen molar-refractivity contribution in [2.45, 2.75) is 12.3 Å². The molecule has 0 bridgehead atoms. The van der Waals surface area contributed by atoms with E-state index in [1.807, 2.05) is 0 Å². The highest BCUT2D eigenvalue weighted by atomic mass is 19.4. The minimum Gasteiger partial charge on any atom is -0.426 e. The van der Waals surface area contributed by atoms with Crippen molar-refractivity contribution in [1.29, 1.82) is 0 Å². The molecule has 0 fully saturated rings. The van der Waals surface area contributed by atoms with Crippen molar-refractivity contribution in [3.05, 3.63) is 42.8 Å². The van der Waals surface area contributed by atoms with Gasteiger partial charge < -0.3 is 4.74 Å². The van der Waals surface area contributed by atoms with Gasteiger partial charge in [0.1, 0.15) is 5.75 Å². The summed E-state index contributed by atoms with van der Waals surface area (Å²) in [5.41, 5.74) is 0.614. The number of hydrogen-bond acceptors (Lipinski definition) is 1. The standard InChI is InChI=1S/C11H8F5O/c1-2-3-8-4-6-9(7-5-8)17-11(15,16)10(12,13)14/h2-7H,1H2/b3-2+. The van der Waals surface area contributed by atoms with E-state index in [4.69, 9.17) is 0 Å². The molecule has 1 radical (unpaired) electrons. The predicted octanol–water partition coefficient (Wildman–Crippen LogP) is 4.07. The molecule has 0 saturated carbocycles. The van der Waals surface area contributed by atoms with Crippen molar-refractivity contribution in [1.82, 2.24) is 0 Å². The predicted molar refractivity (Wildman–Crippen MR) is 52.5 cm³/mol. The van der Waals surface area contributed by atoms with Gasteiger partial charge in [-0.3, -0.25) is 0 Å². The third kappa shape index (κ3) is 3.44. The van der Waals surface area contributed by atoms with E-state index in [9.17, 15) is 22.0 Å². The summed E-state index contributed by atoms with van der Waals surface area (Å²) in [6, 6.07) is 4.72. The zero-order chi connectivity index (χ0) is 13.1. The van der Waals surface area contributed by atoms with E-state index in [0.29, 0.717) is 5.56 Å². The molecule has 0 atom stereocenters. The van der Waals surface area contributed by atoms with Gasteiger partial charge in [0.15, 0.2) is 0 Å². The quantitative estimate of drug-likeness (QED) is 0.736. The van der Waals surface area contributed by atoms with Crippen molar-refractivity contribution in [3.63, 3.8) is 0 Å². The SMILES string of the molecule is [CH2]/C=C/c1ccc(OC(F)(F)C(F)(F)F)cc1. The molecule has 0 unspecified atom stereocenters. The first kappa shape index (κ1) is 13.5. The van der Waals surface area contributed by atoms with Gasteiger partial charge in [0.05, 0.1) is 0 Å². The van der Waals surface area contributed by atoms with E-state index in [0.717, 1.165) is 12.1 Å². The Kier molecular flexibility index (Phi) is 3.75. The van der Waals surface area contributed by atoms with Gasteiger partial charge in [0, 0.05) is 0 Å². The zero-order valence-electron chi connectivity index (χ0n) is 8.47. The Labute approximate surface area is 94.5 Å². The lowest BCUT2D eigenvalue weighted by atomic mass is 10.2. The van der Waals surface area contributed by atoms with E-state index in [2.05, 4.69) is 11.7 Å². The van der Waals surface area contributed by atoms with Crippen LogP contribution in [0.3, 0.4) is 0 Å². The molecular weight excluding hydrogens is 243 g/mol. The fourth-order valence-electron chi connectivity index (χ4n) is 0.989. The van der Waals surface area contributed by atoms with Crippen LogP contribution < -0.4 is 4.74 Å². The first-order valence-electron chi connectivity index (χ1n) is 4.45. The molecule has 6 heteroatoms. The Bertz CT molecular complexity index is 391. The Hall–Kier alpha value is -1.59. The van der Waals surface area contributed by atoms with Crippen LogP contribution in [0.2, 0.25) is 0 Å². The molecule has 0 spiro atoms. The van der Waals surface area contributed by atoms with Gasteiger partial charge in [-0.1, -0.05) is 24.3 Å². The van der Waals surface area contributed by atoms with Gasteiger partial charge in [0.25, 0.3) is 0 Å². The van der Waals surface area contributed by atoms with Crippen LogP contribution in [0.25, 0.3) is 6.08 Å². The second kappa shape index (κ2) is 4.73. The molecule has 0 saturated heterocycles. The molecule has 1 aromatic carbocycles. The number of alkyl halides is 5. The van der Waals surface area contributed by atoms with E-state index in [1.54, 1.807) is 6.08 Å². The van der Waals surface area contributed by atoms with Crippen molar-refractivity contribution in [3.8, 4) is 5.75 Å². The van der Waals surface area contributed by atoms with E-state index >= 15 is 0 Å². The maximum Gasteiger partial charge on any atom is 0.499 e. The molecule has 0 aromatic heterocycles. The number of ether oxygens (including phenoxy) is 1. The van der Waals surface area contributed by atoms with Gasteiger partial charge >= 0.3 is 12.3 Å². The molecule has 0 N–H and O–H groups in total. The second-order valence-corrected chi connectivity index (χ2v) is 3.09. The smallest absolute Gasteiger partial charge is 0.426 e. The number of halogens is 5. The Morgan fingerprint density at radius 1 is 1.00 bits per heavy atom. The zero-order valence-corrected chi connectivity index (χ0v) is 8.47. The Balaban J connectivity index is 2.83. The summed E-state index contributed by atoms with van der Waals surface area (Å²) in [7, 11) is 0. The average Bonchev–Trinajstić information content (AvgIpc) is 2.19. The van der Waals surface area contributed by atoms with Crippen LogP contribution in [0.5, 0.6) is 5.75 Å². The van der Waals surface area contributed by atoms with Crippen molar-refractivity contribution in [2.75, 3.05) is 0 Å². The molecule has 1 nitrogen and oxygen atoms in total. The molecule has 0 heterocycles. The summed E-state index contributed by atoms with van der Waals surface area (Å²) < 4.78 is 64.1. The van der Waals surface area contributed by atoms with E-state index in [-0.39, 0.29) is 0 Å². The van der Waals surface area contributed by atoms with Crippen LogP contribution >= 0.6 is 0 Å². The number of allylic oxidation sites excluding steroid dienone is 1. The largest absolute Gasteiger partial charge is 0.499 e. The molecule has 1 aromatic rings. The molecule has 17 heavy (non-hydrogen) atoms. The summed E-state index contributed by atoms with van der Waals surface area (Å²) in [5, 5.41) is 0. The van der Waals surface area contributed by atoms with Crippen LogP contribution in [-0.4, -0.2) is 12.3 Å². The summed E-state index contributed by atoms with van der Waals surface area (Å²) in [4.78, 5) is 0. The topological polar surface area (TPSA) is 9.23 Å². The highest BCUT2D eigenvalue weighted by Gasteiger charge is 2.61. The lowest BCUT2D eigenvalue weighted by molar-refractivity contribution is -0.360. The summed E-state index contributed by atoms with van der Waals surface area (Å²) in [6.07, 6.45) is -7.92. The first-order valence-corrected chi connectivity index (χ1v) is 4.45. The summed E-state index contributed by atoms with van der Waals surface area (Å²) in [5.74, 6) is -0.562.